The van der Waals surface area contributed by atoms with Crippen molar-refractivity contribution < 1.29 is 19.7 Å². The molecular formula is C36H33NO4S2. The number of aromatic hydroxyl groups is 2. The van der Waals surface area contributed by atoms with Crippen LogP contribution >= 0.6 is 22.7 Å². The molecule has 3 heterocycles. The summed E-state index contributed by atoms with van der Waals surface area (Å²) in [6, 6.07) is 29.8. The second-order valence-electron chi connectivity index (χ2n) is 10.6. The Morgan fingerprint density at radius 2 is 1.53 bits per heavy atom. The number of benzene rings is 4. The Morgan fingerprint density at radius 3 is 2.30 bits per heavy atom. The highest BCUT2D eigenvalue weighted by Gasteiger charge is 2.22. The van der Waals surface area contributed by atoms with Gasteiger partial charge in [0.2, 0.25) is 0 Å². The fourth-order valence-corrected chi connectivity index (χ4v) is 7.38. The first kappa shape index (κ1) is 28.9. The van der Waals surface area contributed by atoms with Gasteiger partial charge in [-0.05, 0) is 121 Å². The van der Waals surface area contributed by atoms with Crippen molar-refractivity contribution in [3.63, 3.8) is 0 Å². The Bertz CT molecular complexity index is 1790. The van der Waals surface area contributed by atoms with Crippen LogP contribution in [0, 0.1) is 0 Å². The third-order valence-electron chi connectivity index (χ3n) is 7.63. The normalized spacial score (nSPS) is 13.5. The van der Waals surface area contributed by atoms with Crippen molar-refractivity contribution in [2.75, 3.05) is 26.2 Å². The molecule has 0 atom stereocenters. The number of phenols is 2. The minimum atomic E-state index is -0.0834. The van der Waals surface area contributed by atoms with E-state index in [4.69, 9.17) is 4.74 Å². The summed E-state index contributed by atoms with van der Waals surface area (Å²) >= 11 is 3.24. The van der Waals surface area contributed by atoms with E-state index >= 15 is 0 Å². The molecule has 0 unspecified atom stereocenters. The molecule has 2 N–H and O–H groups in total. The maximum Gasteiger partial charge on any atom is 0.195 e. The summed E-state index contributed by atoms with van der Waals surface area (Å²) in [6.07, 6.45) is 3.85. The molecule has 2 aromatic heterocycles. The maximum absolute atomic E-state index is 13.6. The molecule has 7 rings (SSSR count). The first-order valence-electron chi connectivity index (χ1n) is 14.5. The number of phenolic OH excluding ortho intramolecular Hbond substituents is 2. The lowest BCUT2D eigenvalue weighted by molar-refractivity contribution is 0.104. The van der Waals surface area contributed by atoms with Crippen molar-refractivity contribution in [1.29, 1.82) is 0 Å². The number of thiophene rings is 2. The lowest BCUT2D eigenvalue weighted by Gasteiger charge is -2.26. The monoisotopic (exact) mass is 607 g/mol. The number of piperidine rings is 1. The minimum absolute atomic E-state index is 0.0834. The zero-order chi connectivity index (χ0) is 29.6. The molecule has 7 heteroatoms. The smallest absolute Gasteiger partial charge is 0.195 e. The van der Waals surface area contributed by atoms with E-state index in [0.29, 0.717) is 17.7 Å². The number of carbonyl (C=O) groups is 1. The largest absolute Gasteiger partial charge is 0.508 e. The summed E-state index contributed by atoms with van der Waals surface area (Å²) in [6.45, 7) is 3.85. The Balaban J connectivity index is 0.000000310. The van der Waals surface area contributed by atoms with Gasteiger partial charge in [-0.15, -0.1) is 22.7 Å². The number of fused-ring (bicyclic) bond motifs is 2. The molecule has 218 valence electrons. The van der Waals surface area contributed by atoms with Crippen molar-refractivity contribution in [1.82, 2.24) is 4.90 Å². The lowest BCUT2D eigenvalue weighted by Crippen LogP contribution is -2.33. The number of carbonyl (C=O) groups excluding carboxylic acids is 1. The van der Waals surface area contributed by atoms with Gasteiger partial charge >= 0.3 is 0 Å². The molecule has 0 bridgehead atoms. The summed E-state index contributed by atoms with van der Waals surface area (Å²) in [5.41, 5.74) is 2.03. The highest BCUT2D eigenvalue weighted by molar-refractivity contribution is 7.22. The zero-order valence-electron chi connectivity index (χ0n) is 23.7. The van der Waals surface area contributed by atoms with Gasteiger partial charge in [-0.1, -0.05) is 24.6 Å². The van der Waals surface area contributed by atoms with Gasteiger partial charge in [0, 0.05) is 37.3 Å². The molecule has 0 aliphatic carbocycles. The number of likely N-dealkylation sites (tertiary alicyclic amines) is 1. The van der Waals surface area contributed by atoms with Crippen LogP contribution in [-0.2, 0) is 0 Å². The summed E-state index contributed by atoms with van der Waals surface area (Å²) in [7, 11) is 0. The molecule has 0 amide bonds. The highest BCUT2D eigenvalue weighted by atomic mass is 32.1. The van der Waals surface area contributed by atoms with Gasteiger partial charge in [0.25, 0.3) is 0 Å². The van der Waals surface area contributed by atoms with Crippen molar-refractivity contribution in [2.45, 2.75) is 19.3 Å². The van der Waals surface area contributed by atoms with Crippen molar-refractivity contribution in [2.24, 2.45) is 0 Å². The van der Waals surface area contributed by atoms with Crippen LogP contribution < -0.4 is 4.74 Å². The van der Waals surface area contributed by atoms with E-state index in [0.717, 1.165) is 45.9 Å². The number of rotatable bonds is 7. The van der Waals surface area contributed by atoms with Gasteiger partial charge in [0.1, 0.15) is 23.9 Å². The Morgan fingerprint density at radius 1 is 0.791 bits per heavy atom. The highest BCUT2D eigenvalue weighted by Crippen LogP contribution is 2.41. The predicted octanol–water partition coefficient (Wildman–Crippen LogP) is 8.98. The molecule has 1 aliphatic rings. The molecule has 1 aliphatic heterocycles. The van der Waals surface area contributed by atoms with Crippen LogP contribution in [0.15, 0.2) is 102 Å². The quantitative estimate of drug-likeness (QED) is 0.177. The first-order valence-corrected chi connectivity index (χ1v) is 16.2. The van der Waals surface area contributed by atoms with E-state index in [1.54, 1.807) is 53.8 Å². The number of ketones is 1. The van der Waals surface area contributed by atoms with E-state index in [1.807, 2.05) is 24.3 Å². The van der Waals surface area contributed by atoms with Gasteiger partial charge in [-0.25, -0.2) is 0 Å². The van der Waals surface area contributed by atoms with Gasteiger partial charge in [0.15, 0.2) is 5.78 Å². The molecule has 4 aromatic carbocycles. The fourth-order valence-electron chi connectivity index (χ4n) is 5.36. The predicted molar refractivity (Wildman–Crippen MR) is 178 cm³/mol. The van der Waals surface area contributed by atoms with Gasteiger partial charge in [-0.3, -0.25) is 9.69 Å². The molecule has 0 saturated carbocycles. The van der Waals surface area contributed by atoms with E-state index in [9.17, 15) is 15.0 Å². The molecule has 1 saturated heterocycles. The van der Waals surface area contributed by atoms with Crippen LogP contribution in [0.4, 0.5) is 0 Å². The van der Waals surface area contributed by atoms with Gasteiger partial charge in [0.05, 0.1) is 0 Å². The standard InChI is InChI=1S/C28H27NO4S.C8H6S/c30-21-8-4-20(5-9-21)28-26(24-13-10-22(31)18-25(24)34-28)27(32)19-6-11-23(12-7-19)33-17-16-29-14-2-1-3-15-29;1-2-4-8-7(3-1)5-6-9-8/h4-13,18,30-31H,1-3,14-17H2;1-6H. The van der Waals surface area contributed by atoms with E-state index in [2.05, 4.69) is 40.6 Å². The van der Waals surface area contributed by atoms with E-state index < -0.39 is 0 Å². The summed E-state index contributed by atoms with van der Waals surface area (Å²) in [5.74, 6) is 1.01. The average molecular weight is 608 g/mol. The molecule has 1 fully saturated rings. The molecule has 0 spiro atoms. The van der Waals surface area contributed by atoms with Crippen molar-refractivity contribution in [3.8, 4) is 27.7 Å². The minimum Gasteiger partial charge on any atom is -0.508 e. The Kier molecular flexibility index (Phi) is 9.03. The average Bonchev–Trinajstić information content (AvgIpc) is 3.67. The topological polar surface area (TPSA) is 70.0 Å². The number of hydrogen-bond acceptors (Lipinski definition) is 7. The van der Waals surface area contributed by atoms with Gasteiger partial charge in [-0.2, -0.15) is 0 Å². The second kappa shape index (κ2) is 13.4. The van der Waals surface area contributed by atoms with Crippen molar-refractivity contribution >= 4 is 48.6 Å². The van der Waals surface area contributed by atoms with Crippen LogP contribution in [0.25, 0.3) is 30.6 Å². The van der Waals surface area contributed by atoms with E-state index in [1.165, 1.54) is 40.7 Å². The van der Waals surface area contributed by atoms with Crippen LogP contribution in [0.3, 0.4) is 0 Å². The number of hydrogen-bond donors (Lipinski definition) is 2. The first-order chi connectivity index (χ1) is 21.0. The lowest BCUT2D eigenvalue weighted by atomic mass is 9.97. The number of nitrogens with zero attached hydrogens (tertiary/aromatic N) is 1. The van der Waals surface area contributed by atoms with Crippen molar-refractivity contribution in [3.05, 3.63) is 114 Å². The number of ether oxygens (including phenoxy) is 1. The zero-order valence-corrected chi connectivity index (χ0v) is 25.4. The summed E-state index contributed by atoms with van der Waals surface area (Å²) < 4.78 is 8.13. The van der Waals surface area contributed by atoms with E-state index in [-0.39, 0.29) is 17.3 Å². The Labute approximate surface area is 259 Å². The SMILES string of the molecule is O=C(c1ccc(OCCN2CCCCC2)cc1)c1c(-c2ccc(O)cc2)sc2cc(O)ccc12.c1ccc2sccc2c1. The van der Waals surface area contributed by atoms with Crippen LogP contribution in [0.2, 0.25) is 0 Å². The van der Waals surface area contributed by atoms with Gasteiger partial charge < -0.3 is 14.9 Å². The maximum atomic E-state index is 13.6. The summed E-state index contributed by atoms with van der Waals surface area (Å²) in [5, 5.41) is 23.9. The third-order valence-corrected chi connectivity index (χ3v) is 9.73. The molecular weight excluding hydrogens is 575 g/mol. The summed E-state index contributed by atoms with van der Waals surface area (Å²) in [4.78, 5) is 16.9. The fraction of sp³-hybridized carbons (Fsp3) is 0.194. The third kappa shape index (κ3) is 6.91. The van der Waals surface area contributed by atoms with Crippen LogP contribution in [0.1, 0.15) is 35.2 Å². The molecule has 43 heavy (non-hydrogen) atoms. The van der Waals surface area contributed by atoms with Crippen LogP contribution in [0.5, 0.6) is 17.2 Å². The molecule has 0 radical (unpaired) electrons. The Hall–Kier alpha value is -4.17. The van der Waals surface area contributed by atoms with Crippen LogP contribution in [-0.4, -0.2) is 47.1 Å². The molecule has 5 nitrogen and oxygen atoms in total. The molecule has 6 aromatic rings. The second-order valence-corrected chi connectivity index (χ2v) is 12.6.